The SMILES string of the molecule is CCOC(=O)Cc1csc(NN=Cc2ccc(OC(F)F)c(OCC)c2)n1. The smallest absolute Gasteiger partial charge is 0.387 e. The van der Waals surface area contributed by atoms with E-state index in [-0.39, 0.29) is 23.9 Å². The van der Waals surface area contributed by atoms with E-state index in [9.17, 15) is 13.6 Å². The number of nitrogens with zero attached hydrogens (tertiary/aromatic N) is 2. The standard InChI is InChI=1S/C17H19F2N3O4S/c1-3-24-14-7-11(5-6-13(14)26-16(18)19)9-20-22-17-21-12(10-27-17)8-15(23)25-4-2/h5-7,9-10,16H,3-4,8H2,1-2H3,(H,21,22). The molecule has 0 unspecified atom stereocenters. The van der Waals surface area contributed by atoms with Crippen LogP contribution >= 0.6 is 11.3 Å². The fraction of sp³-hybridized carbons (Fsp3) is 0.353. The van der Waals surface area contributed by atoms with Crippen LogP contribution in [0.15, 0.2) is 28.7 Å². The second-order valence-electron chi connectivity index (χ2n) is 5.01. The van der Waals surface area contributed by atoms with Crippen LogP contribution < -0.4 is 14.9 Å². The van der Waals surface area contributed by atoms with Crippen molar-refractivity contribution in [3.63, 3.8) is 0 Å². The van der Waals surface area contributed by atoms with E-state index in [1.807, 2.05) is 0 Å². The van der Waals surface area contributed by atoms with Crippen LogP contribution in [0.1, 0.15) is 25.1 Å². The molecule has 0 amide bonds. The van der Waals surface area contributed by atoms with E-state index in [0.717, 1.165) is 0 Å². The van der Waals surface area contributed by atoms with E-state index in [1.54, 1.807) is 31.4 Å². The van der Waals surface area contributed by atoms with Crippen molar-refractivity contribution in [1.29, 1.82) is 0 Å². The molecule has 0 saturated heterocycles. The number of hydrogen-bond acceptors (Lipinski definition) is 8. The summed E-state index contributed by atoms with van der Waals surface area (Å²) in [5, 5.41) is 6.29. The molecule has 0 fully saturated rings. The molecule has 10 heteroatoms. The summed E-state index contributed by atoms with van der Waals surface area (Å²) in [6.07, 6.45) is 1.58. The van der Waals surface area contributed by atoms with Gasteiger partial charge in [0.25, 0.3) is 0 Å². The van der Waals surface area contributed by atoms with Crippen molar-refractivity contribution in [3.8, 4) is 11.5 Å². The van der Waals surface area contributed by atoms with Gasteiger partial charge in [0.05, 0.1) is 31.5 Å². The van der Waals surface area contributed by atoms with Crippen LogP contribution in [0.4, 0.5) is 13.9 Å². The number of carbonyl (C=O) groups excluding carboxylic acids is 1. The molecule has 146 valence electrons. The van der Waals surface area contributed by atoms with Gasteiger partial charge in [0.15, 0.2) is 11.5 Å². The van der Waals surface area contributed by atoms with Crippen molar-refractivity contribution in [3.05, 3.63) is 34.8 Å². The number of hydrogen-bond donors (Lipinski definition) is 1. The molecular formula is C17H19F2N3O4S. The minimum atomic E-state index is -2.93. The summed E-state index contributed by atoms with van der Waals surface area (Å²) in [4.78, 5) is 15.6. The largest absolute Gasteiger partial charge is 0.490 e. The Bertz CT molecular complexity index is 783. The third kappa shape index (κ3) is 6.81. The molecular weight excluding hydrogens is 380 g/mol. The molecule has 1 N–H and O–H groups in total. The normalized spacial score (nSPS) is 11.0. The van der Waals surface area contributed by atoms with E-state index >= 15 is 0 Å². The van der Waals surface area contributed by atoms with Crippen molar-refractivity contribution < 1.29 is 27.8 Å². The lowest BCUT2D eigenvalue weighted by molar-refractivity contribution is -0.142. The summed E-state index contributed by atoms with van der Waals surface area (Å²) in [5.41, 5.74) is 3.96. The number of aromatic nitrogens is 1. The molecule has 0 aliphatic rings. The second kappa shape index (κ2) is 10.4. The molecule has 0 atom stereocenters. The maximum Gasteiger partial charge on any atom is 0.387 e. The molecule has 2 rings (SSSR count). The first-order valence-corrected chi connectivity index (χ1v) is 9.00. The maximum absolute atomic E-state index is 12.4. The van der Waals surface area contributed by atoms with Crippen LogP contribution in [0, 0.1) is 0 Å². The summed E-state index contributed by atoms with van der Waals surface area (Å²) in [7, 11) is 0. The lowest BCUT2D eigenvalue weighted by Crippen LogP contribution is -2.07. The third-order valence-electron chi connectivity index (χ3n) is 3.04. The Kier molecular flexibility index (Phi) is 7.93. The number of alkyl halides is 2. The summed E-state index contributed by atoms with van der Waals surface area (Å²) >= 11 is 1.29. The lowest BCUT2D eigenvalue weighted by atomic mass is 10.2. The number of nitrogens with one attached hydrogen (secondary N) is 1. The zero-order valence-electron chi connectivity index (χ0n) is 14.8. The van der Waals surface area contributed by atoms with Gasteiger partial charge < -0.3 is 14.2 Å². The predicted octanol–water partition coefficient (Wildman–Crippen LogP) is 3.69. The third-order valence-corrected chi connectivity index (χ3v) is 3.84. The number of ether oxygens (including phenoxy) is 3. The van der Waals surface area contributed by atoms with Crippen molar-refractivity contribution in [1.82, 2.24) is 4.98 Å². The molecule has 7 nitrogen and oxygen atoms in total. The number of carbonyl (C=O) groups is 1. The fourth-order valence-electron chi connectivity index (χ4n) is 2.03. The highest BCUT2D eigenvalue weighted by Gasteiger charge is 2.11. The van der Waals surface area contributed by atoms with Crippen LogP contribution in [0.2, 0.25) is 0 Å². The van der Waals surface area contributed by atoms with E-state index in [4.69, 9.17) is 9.47 Å². The minimum absolute atomic E-state index is 0.0412. The number of halogens is 2. The molecule has 0 aliphatic heterocycles. The first-order valence-electron chi connectivity index (χ1n) is 8.12. The second-order valence-corrected chi connectivity index (χ2v) is 5.87. The Balaban J connectivity index is 1.98. The number of anilines is 1. The van der Waals surface area contributed by atoms with Crippen molar-refractivity contribution in [2.75, 3.05) is 18.6 Å². The highest BCUT2D eigenvalue weighted by atomic mass is 32.1. The van der Waals surface area contributed by atoms with Crippen molar-refractivity contribution in [2.24, 2.45) is 5.10 Å². The Morgan fingerprint density at radius 3 is 2.85 bits per heavy atom. The van der Waals surface area contributed by atoms with E-state index in [1.165, 1.54) is 23.6 Å². The van der Waals surface area contributed by atoms with Crippen LogP contribution in [-0.2, 0) is 16.0 Å². The average molecular weight is 399 g/mol. The van der Waals surface area contributed by atoms with Gasteiger partial charge in [-0.25, -0.2) is 4.98 Å². The molecule has 0 spiro atoms. The van der Waals surface area contributed by atoms with Gasteiger partial charge in [-0.3, -0.25) is 10.2 Å². The van der Waals surface area contributed by atoms with Crippen molar-refractivity contribution >= 4 is 28.7 Å². The van der Waals surface area contributed by atoms with Gasteiger partial charge in [0, 0.05) is 5.38 Å². The average Bonchev–Trinajstić information content (AvgIpc) is 3.04. The summed E-state index contributed by atoms with van der Waals surface area (Å²) in [5.74, 6) is -0.180. The van der Waals surface area contributed by atoms with Gasteiger partial charge in [-0.15, -0.1) is 11.3 Å². The number of thiazole rings is 1. The van der Waals surface area contributed by atoms with E-state index in [2.05, 4.69) is 20.2 Å². The molecule has 27 heavy (non-hydrogen) atoms. The first kappa shape index (κ1) is 20.6. The lowest BCUT2D eigenvalue weighted by Gasteiger charge is -2.11. The zero-order chi connectivity index (χ0) is 19.6. The van der Waals surface area contributed by atoms with Crippen LogP contribution in [-0.4, -0.2) is 37.0 Å². The first-order chi connectivity index (χ1) is 13.0. The van der Waals surface area contributed by atoms with Crippen LogP contribution in [0.3, 0.4) is 0 Å². The van der Waals surface area contributed by atoms with Gasteiger partial charge >= 0.3 is 12.6 Å². The van der Waals surface area contributed by atoms with E-state index < -0.39 is 6.61 Å². The predicted molar refractivity (Wildman–Crippen MR) is 97.9 cm³/mol. The Hall–Kier alpha value is -2.75. The number of hydrazone groups is 1. The molecule has 0 saturated carbocycles. The van der Waals surface area contributed by atoms with E-state index in [0.29, 0.717) is 29.6 Å². The highest BCUT2D eigenvalue weighted by molar-refractivity contribution is 7.13. The zero-order valence-corrected chi connectivity index (χ0v) is 15.6. The fourth-order valence-corrected chi connectivity index (χ4v) is 2.69. The quantitative estimate of drug-likeness (QED) is 0.373. The maximum atomic E-state index is 12.4. The monoisotopic (exact) mass is 399 g/mol. The highest BCUT2D eigenvalue weighted by Crippen LogP contribution is 2.29. The number of rotatable bonds is 10. The Labute approximate surface area is 159 Å². The molecule has 1 heterocycles. The van der Waals surface area contributed by atoms with Gasteiger partial charge in [-0.05, 0) is 37.6 Å². The van der Waals surface area contributed by atoms with Gasteiger partial charge in [-0.1, -0.05) is 0 Å². The topological polar surface area (TPSA) is 82.0 Å². The van der Waals surface area contributed by atoms with Crippen LogP contribution in [0.5, 0.6) is 11.5 Å². The molecule has 0 bridgehead atoms. The van der Waals surface area contributed by atoms with Gasteiger partial charge in [-0.2, -0.15) is 13.9 Å². The molecule has 0 radical (unpaired) electrons. The Morgan fingerprint density at radius 1 is 1.33 bits per heavy atom. The van der Waals surface area contributed by atoms with Crippen molar-refractivity contribution in [2.45, 2.75) is 26.9 Å². The minimum Gasteiger partial charge on any atom is -0.490 e. The summed E-state index contributed by atoms with van der Waals surface area (Å²) in [6.45, 7) is 1.18. The summed E-state index contributed by atoms with van der Waals surface area (Å²) < 4.78 is 39.4. The molecule has 0 aliphatic carbocycles. The number of benzene rings is 1. The molecule has 1 aromatic heterocycles. The molecule has 1 aromatic carbocycles. The van der Waals surface area contributed by atoms with Gasteiger partial charge in [0.2, 0.25) is 5.13 Å². The summed E-state index contributed by atoms with van der Waals surface area (Å²) in [6, 6.07) is 4.50. The number of esters is 1. The van der Waals surface area contributed by atoms with Crippen LogP contribution in [0.25, 0.3) is 0 Å². The molecule has 2 aromatic rings. The Morgan fingerprint density at radius 2 is 2.15 bits per heavy atom. The van der Waals surface area contributed by atoms with Gasteiger partial charge in [0.1, 0.15) is 0 Å².